The summed E-state index contributed by atoms with van der Waals surface area (Å²) in [6, 6.07) is 22.8. The van der Waals surface area contributed by atoms with Crippen LogP contribution in [0.25, 0.3) is 22.5 Å². The van der Waals surface area contributed by atoms with E-state index < -0.39 is 0 Å². The summed E-state index contributed by atoms with van der Waals surface area (Å²) in [5, 5.41) is 5.07. The van der Waals surface area contributed by atoms with Crippen molar-refractivity contribution in [2.75, 3.05) is 14.2 Å². The highest BCUT2D eigenvalue weighted by Gasteiger charge is 2.19. The third-order valence-electron chi connectivity index (χ3n) is 5.70. The molecule has 1 aromatic heterocycles. The molecule has 0 spiro atoms. The van der Waals surface area contributed by atoms with Gasteiger partial charge in [-0.05, 0) is 56.2 Å². The fourth-order valence-electron chi connectivity index (χ4n) is 3.98. The average molecular weight is 413 g/mol. The summed E-state index contributed by atoms with van der Waals surface area (Å²) in [6.45, 7) is 7.11. The van der Waals surface area contributed by atoms with Gasteiger partial charge >= 0.3 is 0 Å². The highest BCUT2D eigenvalue weighted by molar-refractivity contribution is 5.75. The van der Waals surface area contributed by atoms with Gasteiger partial charge in [-0.25, -0.2) is 0 Å². The molecule has 0 atom stereocenters. The van der Waals surface area contributed by atoms with Crippen molar-refractivity contribution in [3.05, 3.63) is 89.0 Å². The first-order valence-electron chi connectivity index (χ1n) is 10.4. The van der Waals surface area contributed by atoms with E-state index in [2.05, 4.69) is 61.9 Å². The molecule has 4 heteroatoms. The molecule has 0 aliphatic carbocycles. The molecule has 0 saturated heterocycles. The summed E-state index contributed by atoms with van der Waals surface area (Å²) in [5.74, 6) is 1.66. The Morgan fingerprint density at radius 3 is 2.10 bits per heavy atom. The molecule has 0 aliphatic heterocycles. The van der Waals surface area contributed by atoms with Crippen molar-refractivity contribution in [2.24, 2.45) is 0 Å². The van der Waals surface area contributed by atoms with Gasteiger partial charge < -0.3 is 9.47 Å². The Hall–Kier alpha value is -3.53. The van der Waals surface area contributed by atoms with Crippen LogP contribution in [0.4, 0.5) is 0 Å². The fraction of sp³-hybridized carbons (Fsp3) is 0.222. The molecule has 0 saturated carbocycles. The second-order valence-corrected chi connectivity index (χ2v) is 7.87. The summed E-state index contributed by atoms with van der Waals surface area (Å²) < 4.78 is 13.0. The lowest BCUT2D eigenvalue weighted by Crippen LogP contribution is -2.06. The second-order valence-electron chi connectivity index (χ2n) is 7.87. The molecule has 0 aliphatic rings. The van der Waals surface area contributed by atoms with E-state index in [0.29, 0.717) is 6.54 Å². The Morgan fingerprint density at radius 2 is 1.42 bits per heavy atom. The SMILES string of the molecule is COc1cccc(-c2nn(Cc3cc(C)ccc3C)c(-c3cccc(OC)c3)c2C)c1. The van der Waals surface area contributed by atoms with Crippen molar-refractivity contribution in [1.82, 2.24) is 9.78 Å². The Labute approximate surface area is 184 Å². The van der Waals surface area contributed by atoms with Gasteiger partial charge in [-0.3, -0.25) is 4.68 Å². The van der Waals surface area contributed by atoms with Crippen molar-refractivity contribution in [2.45, 2.75) is 27.3 Å². The van der Waals surface area contributed by atoms with Gasteiger partial charge in [-0.2, -0.15) is 5.10 Å². The Kier molecular flexibility index (Phi) is 5.81. The molecule has 0 radical (unpaired) electrons. The van der Waals surface area contributed by atoms with Gasteiger partial charge in [0.1, 0.15) is 11.5 Å². The third-order valence-corrected chi connectivity index (χ3v) is 5.70. The number of benzene rings is 3. The molecule has 3 aromatic carbocycles. The molecule has 0 unspecified atom stereocenters. The molecule has 0 N–H and O–H groups in total. The van der Waals surface area contributed by atoms with Gasteiger partial charge in [0, 0.05) is 16.7 Å². The lowest BCUT2D eigenvalue weighted by molar-refractivity contribution is 0.415. The predicted octanol–water partition coefficient (Wildman–Crippen LogP) is 6.21. The zero-order valence-electron chi connectivity index (χ0n) is 18.8. The van der Waals surface area contributed by atoms with E-state index in [9.17, 15) is 0 Å². The van der Waals surface area contributed by atoms with E-state index in [-0.39, 0.29) is 0 Å². The summed E-state index contributed by atoms with van der Waals surface area (Å²) in [7, 11) is 3.38. The molecule has 0 fully saturated rings. The molecule has 4 aromatic rings. The number of hydrogen-bond acceptors (Lipinski definition) is 3. The zero-order chi connectivity index (χ0) is 22.0. The van der Waals surface area contributed by atoms with Crippen molar-refractivity contribution in [3.8, 4) is 34.0 Å². The molecule has 1 heterocycles. The van der Waals surface area contributed by atoms with Crippen LogP contribution in [-0.4, -0.2) is 24.0 Å². The number of aryl methyl sites for hydroxylation is 2. The minimum Gasteiger partial charge on any atom is -0.497 e. The maximum atomic E-state index is 5.48. The van der Waals surface area contributed by atoms with Crippen LogP contribution in [-0.2, 0) is 6.54 Å². The lowest BCUT2D eigenvalue weighted by Gasteiger charge is -2.12. The van der Waals surface area contributed by atoms with E-state index in [1.165, 1.54) is 16.7 Å². The monoisotopic (exact) mass is 412 g/mol. The minimum absolute atomic E-state index is 0.699. The number of methoxy groups -OCH3 is 2. The second kappa shape index (κ2) is 8.68. The highest BCUT2D eigenvalue weighted by Crippen LogP contribution is 2.35. The predicted molar refractivity (Wildman–Crippen MR) is 126 cm³/mol. The Bertz CT molecular complexity index is 1220. The Balaban J connectivity index is 1.90. The average Bonchev–Trinajstić information content (AvgIpc) is 3.12. The van der Waals surface area contributed by atoms with Gasteiger partial charge in [0.25, 0.3) is 0 Å². The molecule has 4 rings (SSSR count). The number of ether oxygens (including phenoxy) is 2. The quantitative estimate of drug-likeness (QED) is 0.378. The molecule has 0 amide bonds. The molecule has 31 heavy (non-hydrogen) atoms. The summed E-state index contributed by atoms with van der Waals surface area (Å²) >= 11 is 0. The Morgan fingerprint density at radius 1 is 0.774 bits per heavy atom. The molecule has 0 bridgehead atoms. The topological polar surface area (TPSA) is 36.3 Å². The van der Waals surface area contributed by atoms with Crippen LogP contribution < -0.4 is 9.47 Å². The van der Waals surface area contributed by atoms with Crippen molar-refractivity contribution < 1.29 is 9.47 Å². The number of nitrogens with zero attached hydrogens (tertiary/aromatic N) is 2. The number of hydrogen-bond donors (Lipinski definition) is 0. The van der Waals surface area contributed by atoms with Gasteiger partial charge in [0.15, 0.2) is 0 Å². The van der Waals surface area contributed by atoms with Crippen LogP contribution in [0, 0.1) is 20.8 Å². The number of aromatic nitrogens is 2. The van der Waals surface area contributed by atoms with Crippen LogP contribution in [0.2, 0.25) is 0 Å². The van der Waals surface area contributed by atoms with Crippen molar-refractivity contribution in [1.29, 1.82) is 0 Å². The highest BCUT2D eigenvalue weighted by atomic mass is 16.5. The summed E-state index contributed by atoms with van der Waals surface area (Å²) in [6.07, 6.45) is 0. The maximum absolute atomic E-state index is 5.48. The van der Waals surface area contributed by atoms with E-state index >= 15 is 0 Å². The smallest absolute Gasteiger partial charge is 0.119 e. The first kappa shape index (κ1) is 20.7. The van der Waals surface area contributed by atoms with Crippen LogP contribution in [0.5, 0.6) is 11.5 Å². The maximum Gasteiger partial charge on any atom is 0.119 e. The van der Waals surface area contributed by atoms with Crippen LogP contribution in [0.15, 0.2) is 66.7 Å². The standard InChI is InChI=1S/C27H28N2O2/c1-18-12-13-19(2)23(14-18)17-29-27(22-9-7-11-25(16-22)31-5)20(3)26(28-29)21-8-6-10-24(15-21)30-4/h6-16H,17H2,1-5H3. The lowest BCUT2D eigenvalue weighted by atomic mass is 10.0. The van der Waals surface area contributed by atoms with E-state index in [1.54, 1.807) is 14.2 Å². The van der Waals surface area contributed by atoms with E-state index in [4.69, 9.17) is 14.6 Å². The van der Waals surface area contributed by atoms with Crippen LogP contribution in [0.3, 0.4) is 0 Å². The van der Waals surface area contributed by atoms with Gasteiger partial charge in [-0.1, -0.05) is 48.0 Å². The molecule has 158 valence electrons. The summed E-state index contributed by atoms with van der Waals surface area (Å²) in [4.78, 5) is 0. The molecular formula is C27H28N2O2. The van der Waals surface area contributed by atoms with Crippen molar-refractivity contribution in [3.63, 3.8) is 0 Å². The first-order chi connectivity index (χ1) is 15.0. The van der Waals surface area contributed by atoms with Gasteiger partial charge in [0.05, 0.1) is 32.2 Å². The fourth-order valence-corrected chi connectivity index (χ4v) is 3.98. The largest absolute Gasteiger partial charge is 0.497 e. The normalized spacial score (nSPS) is 10.9. The van der Waals surface area contributed by atoms with Gasteiger partial charge in [-0.15, -0.1) is 0 Å². The number of rotatable bonds is 6. The first-order valence-corrected chi connectivity index (χ1v) is 10.4. The van der Waals surface area contributed by atoms with E-state index in [0.717, 1.165) is 39.6 Å². The van der Waals surface area contributed by atoms with Crippen LogP contribution in [0.1, 0.15) is 22.3 Å². The van der Waals surface area contributed by atoms with Crippen LogP contribution >= 0.6 is 0 Å². The molecule has 4 nitrogen and oxygen atoms in total. The van der Waals surface area contributed by atoms with Crippen molar-refractivity contribution >= 4 is 0 Å². The minimum atomic E-state index is 0.699. The third kappa shape index (κ3) is 4.19. The van der Waals surface area contributed by atoms with E-state index in [1.807, 2.05) is 30.3 Å². The molecular weight excluding hydrogens is 384 g/mol. The van der Waals surface area contributed by atoms with Gasteiger partial charge in [0.2, 0.25) is 0 Å². The summed E-state index contributed by atoms with van der Waals surface area (Å²) in [5.41, 5.74) is 9.10. The zero-order valence-corrected chi connectivity index (χ0v) is 18.8.